The zero-order valence-electron chi connectivity index (χ0n) is 11.8. The van der Waals surface area contributed by atoms with Gasteiger partial charge in [-0.05, 0) is 19.4 Å². The zero-order chi connectivity index (χ0) is 14.3. The van der Waals surface area contributed by atoms with Gasteiger partial charge in [-0.2, -0.15) is 5.10 Å². The normalized spacial score (nSPS) is 12.2. The minimum atomic E-state index is -3.24. The highest BCUT2D eigenvalue weighted by Gasteiger charge is 2.10. The van der Waals surface area contributed by atoms with Gasteiger partial charge in [0.25, 0.3) is 0 Å². The van der Waals surface area contributed by atoms with Crippen LogP contribution in [0.15, 0.2) is 6.33 Å². The second-order valence-corrected chi connectivity index (χ2v) is 6.72. The van der Waals surface area contributed by atoms with E-state index in [1.165, 1.54) is 0 Å². The van der Waals surface area contributed by atoms with Crippen molar-refractivity contribution in [3.05, 3.63) is 12.2 Å². The smallest absolute Gasteiger partial charge is 0.212 e. The molecule has 0 aliphatic heterocycles. The van der Waals surface area contributed by atoms with E-state index in [0.717, 1.165) is 13.0 Å². The molecule has 0 unspecified atom stereocenters. The van der Waals surface area contributed by atoms with Crippen molar-refractivity contribution in [1.29, 1.82) is 0 Å². The van der Waals surface area contributed by atoms with Crippen molar-refractivity contribution in [2.75, 3.05) is 12.3 Å². The Hall–Kier alpha value is -0.990. The lowest BCUT2D eigenvalue weighted by Crippen LogP contribution is -2.28. The Morgan fingerprint density at radius 2 is 2.11 bits per heavy atom. The topological polar surface area (TPSA) is 88.9 Å². The third kappa shape index (κ3) is 7.24. The first-order chi connectivity index (χ1) is 8.89. The van der Waals surface area contributed by atoms with E-state index in [4.69, 9.17) is 0 Å². The number of aromatic nitrogens is 3. The number of rotatable bonds is 9. The lowest BCUT2D eigenvalue weighted by atomic mass is 10.3. The molecule has 0 bridgehead atoms. The predicted molar refractivity (Wildman–Crippen MR) is 74.0 cm³/mol. The molecule has 0 amide bonds. The van der Waals surface area contributed by atoms with Gasteiger partial charge in [-0.1, -0.05) is 13.8 Å². The molecule has 110 valence electrons. The second kappa shape index (κ2) is 7.56. The van der Waals surface area contributed by atoms with Crippen LogP contribution in [-0.4, -0.2) is 41.5 Å². The number of aryl methyl sites for hydroxylation is 1. The molecule has 1 aromatic heterocycles. The van der Waals surface area contributed by atoms with E-state index in [2.05, 4.69) is 34.0 Å². The summed E-state index contributed by atoms with van der Waals surface area (Å²) in [5.74, 6) is 0.618. The van der Waals surface area contributed by atoms with Crippen LogP contribution in [0.4, 0.5) is 0 Å². The van der Waals surface area contributed by atoms with Crippen LogP contribution < -0.4 is 10.0 Å². The Kier molecular flexibility index (Phi) is 6.40. The predicted octanol–water partition coefficient (Wildman–Crippen LogP) is 0.0127. The Labute approximate surface area is 114 Å². The minimum absolute atomic E-state index is 0.139. The number of nitrogens with one attached hydrogen (secondary N) is 2. The van der Waals surface area contributed by atoms with Gasteiger partial charge in [-0.15, -0.1) is 0 Å². The molecule has 0 aliphatic rings. The van der Waals surface area contributed by atoms with Crippen LogP contribution in [0, 0.1) is 0 Å². The van der Waals surface area contributed by atoms with Crippen molar-refractivity contribution in [3.8, 4) is 0 Å². The highest BCUT2D eigenvalue weighted by molar-refractivity contribution is 7.89. The van der Waals surface area contributed by atoms with E-state index >= 15 is 0 Å². The number of nitrogens with zero attached hydrogens (tertiary/aromatic N) is 3. The quantitative estimate of drug-likeness (QED) is 0.625. The average molecular weight is 289 g/mol. The summed E-state index contributed by atoms with van der Waals surface area (Å²) < 4.78 is 27.5. The Morgan fingerprint density at radius 1 is 1.37 bits per heavy atom. The Bertz CT molecular complexity index is 469. The molecule has 8 heteroatoms. The summed E-state index contributed by atoms with van der Waals surface area (Å²) in [5.41, 5.74) is 0. The first-order valence-corrected chi connectivity index (χ1v) is 8.09. The monoisotopic (exact) mass is 289 g/mol. The molecule has 0 spiro atoms. The van der Waals surface area contributed by atoms with Crippen LogP contribution in [0.5, 0.6) is 0 Å². The van der Waals surface area contributed by atoms with Crippen LogP contribution in [0.25, 0.3) is 0 Å². The standard InChI is InChI=1S/C11H23N5O2S/c1-10(2)12-6-4-5-7-19(17,18)14-8-11-13-9-16(3)15-11/h9-10,12,14H,4-8H2,1-3H3. The molecule has 7 nitrogen and oxygen atoms in total. The number of unbranched alkanes of at least 4 members (excludes halogenated alkanes) is 1. The maximum Gasteiger partial charge on any atom is 0.212 e. The molecular weight excluding hydrogens is 266 g/mol. The largest absolute Gasteiger partial charge is 0.315 e. The van der Waals surface area contributed by atoms with Crippen LogP contribution in [0.1, 0.15) is 32.5 Å². The summed E-state index contributed by atoms with van der Waals surface area (Å²) in [6, 6.07) is 0.435. The summed E-state index contributed by atoms with van der Waals surface area (Å²) in [4.78, 5) is 3.96. The number of hydrogen-bond donors (Lipinski definition) is 2. The minimum Gasteiger partial charge on any atom is -0.315 e. The SMILES string of the molecule is CC(C)NCCCCS(=O)(=O)NCc1ncn(C)n1. The Balaban J connectivity index is 2.21. The molecule has 0 atom stereocenters. The van der Waals surface area contributed by atoms with Gasteiger partial charge in [0.15, 0.2) is 5.82 Å². The van der Waals surface area contributed by atoms with Crippen molar-refractivity contribution < 1.29 is 8.42 Å². The molecule has 2 N–H and O–H groups in total. The summed E-state index contributed by atoms with van der Waals surface area (Å²) in [6.45, 7) is 5.12. The number of hydrogen-bond acceptors (Lipinski definition) is 5. The second-order valence-electron chi connectivity index (χ2n) is 4.79. The number of sulfonamides is 1. The lowest BCUT2D eigenvalue weighted by Gasteiger charge is -2.08. The fraction of sp³-hybridized carbons (Fsp3) is 0.818. The van der Waals surface area contributed by atoms with E-state index in [-0.39, 0.29) is 12.3 Å². The van der Waals surface area contributed by atoms with Gasteiger partial charge in [0.05, 0.1) is 12.3 Å². The highest BCUT2D eigenvalue weighted by Crippen LogP contribution is 1.96. The fourth-order valence-electron chi connectivity index (χ4n) is 1.52. The average Bonchev–Trinajstić information content (AvgIpc) is 2.72. The van der Waals surface area contributed by atoms with Gasteiger partial charge in [0, 0.05) is 13.1 Å². The van der Waals surface area contributed by atoms with E-state index in [0.29, 0.717) is 18.3 Å². The molecule has 19 heavy (non-hydrogen) atoms. The van der Waals surface area contributed by atoms with Crippen LogP contribution in [0.3, 0.4) is 0 Å². The van der Waals surface area contributed by atoms with Crippen molar-refractivity contribution in [3.63, 3.8) is 0 Å². The summed E-state index contributed by atoms with van der Waals surface area (Å²) in [7, 11) is -1.50. The van der Waals surface area contributed by atoms with Gasteiger partial charge in [0.1, 0.15) is 6.33 Å². The van der Waals surface area contributed by atoms with E-state index in [9.17, 15) is 8.42 Å². The molecule has 0 saturated carbocycles. The fourth-order valence-corrected chi connectivity index (χ4v) is 2.60. The molecule has 1 heterocycles. The lowest BCUT2D eigenvalue weighted by molar-refractivity contribution is 0.554. The first kappa shape index (κ1) is 16.1. The van der Waals surface area contributed by atoms with Crippen molar-refractivity contribution >= 4 is 10.0 Å². The van der Waals surface area contributed by atoms with Gasteiger partial charge in [-0.3, -0.25) is 4.68 Å². The maximum atomic E-state index is 11.7. The van der Waals surface area contributed by atoms with Gasteiger partial charge in [0.2, 0.25) is 10.0 Å². The molecule has 0 aliphatic carbocycles. The van der Waals surface area contributed by atoms with Gasteiger partial charge in [-0.25, -0.2) is 18.1 Å². The molecular formula is C11H23N5O2S. The van der Waals surface area contributed by atoms with Crippen LogP contribution in [0.2, 0.25) is 0 Å². The molecule has 0 aromatic carbocycles. The van der Waals surface area contributed by atoms with Gasteiger partial charge < -0.3 is 5.32 Å². The van der Waals surface area contributed by atoms with Gasteiger partial charge >= 0.3 is 0 Å². The molecule has 0 radical (unpaired) electrons. The van der Waals surface area contributed by atoms with E-state index in [1.54, 1.807) is 18.1 Å². The van der Waals surface area contributed by atoms with Crippen molar-refractivity contribution in [1.82, 2.24) is 24.8 Å². The molecule has 0 fully saturated rings. The van der Waals surface area contributed by atoms with Crippen molar-refractivity contribution in [2.45, 2.75) is 39.3 Å². The molecule has 1 rings (SSSR count). The summed E-state index contributed by atoms with van der Waals surface area (Å²) in [6.07, 6.45) is 3.03. The van der Waals surface area contributed by atoms with Crippen LogP contribution >= 0.6 is 0 Å². The Morgan fingerprint density at radius 3 is 2.68 bits per heavy atom. The molecule has 0 saturated heterocycles. The molecule has 1 aromatic rings. The third-order valence-corrected chi connectivity index (χ3v) is 3.90. The van der Waals surface area contributed by atoms with E-state index < -0.39 is 10.0 Å². The first-order valence-electron chi connectivity index (χ1n) is 6.44. The maximum absolute atomic E-state index is 11.7. The highest BCUT2D eigenvalue weighted by atomic mass is 32.2. The zero-order valence-corrected chi connectivity index (χ0v) is 12.6. The van der Waals surface area contributed by atoms with Crippen LogP contribution in [-0.2, 0) is 23.6 Å². The van der Waals surface area contributed by atoms with Crippen molar-refractivity contribution in [2.24, 2.45) is 7.05 Å². The third-order valence-electron chi connectivity index (χ3n) is 2.49. The summed E-state index contributed by atoms with van der Waals surface area (Å²) in [5, 5.41) is 7.27. The summed E-state index contributed by atoms with van der Waals surface area (Å²) >= 11 is 0. The van der Waals surface area contributed by atoms with E-state index in [1.807, 2.05) is 0 Å².